The Morgan fingerprint density at radius 1 is 1.26 bits per heavy atom. The molecule has 1 amide bonds. The highest BCUT2D eigenvalue weighted by Crippen LogP contribution is 2.20. The Balaban J connectivity index is 1.52. The molecular weight excluding hydrogens is 340 g/mol. The highest BCUT2D eigenvalue weighted by atomic mass is 16.5. The lowest BCUT2D eigenvalue weighted by molar-refractivity contribution is -0.135. The Morgan fingerprint density at radius 2 is 2.07 bits per heavy atom. The van der Waals surface area contributed by atoms with Crippen molar-refractivity contribution >= 4 is 5.91 Å². The highest BCUT2D eigenvalue weighted by molar-refractivity contribution is 5.76. The molecule has 1 aliphatic rings. The predicted octanol–water partition coefficient (Wildman–Crippen LogP) is 3.87. The summed E-state index contributed by atoms with van der Waals surface area (Å²) in [4.78, 5) is 17.3. The summed E-state index contributed by atoms with van der Waals surface area (Å²) in [5.41, 5.74) is 1.18. The molecule has 1 fully saturated rings. The third-order valence-electron chi connectivity index (χ3n) is 5.15. The van der Waals surface area contributed by atoms with Crippen LogP contribution in [0.1, 0.15) is 37.0 Å². The van der Waals surface area contributed by atoms with Crippen LogP contribution in [-0.2, 0) is 11.3 Å². The maximum Gasteiger partial charge on any atom is 0.223 e. The molecule has 0 N–H and O–H groups in total. The van der Waals surface area contributed by atoms with E-state index in [9.17, 15) is 4.79 Å². The summed E-state index contributed by atoms with van der Waals surface area (Å²) >= 11 is 0. The molecule has 5 nitrogen and oxygen atoms in total. The van der Waals surface area contributed by atoms with E-state index in [1.165, 1.54) is 5.56 Å². The summed E-state index contributed by atoms with van der Waals surface area (Å²) in [6, 6.07) is 12.1. The highest BCUT2D eigenvalue weighted by Gasteiger charge is 2.27. The number of hydrogen-bond acceptors (Lipinski definition) is 4. The Hall–Kier alpha value is -2.27. The van der Waals surface area contributed by atoms with E-state index in [0.29, 0.717) is 26.0 Å². The second-order valence-electron chi connectivity index (χ2n) is 7.40. The van der Waals surface area contributed by atoms with E-state index < -0.39 is 0 Å². The molecular formula is C22H30N2O3. The van der Waals surface area contributed by atoms with Gasteiger partial charge in [-0.2, -0.15) is 0 Å². The number of likely N-dealkylation sites (tertiary alicyclic amines) is 1. The van der Waals surface area contributed by atoms with Crippen LogP contribution in [0, 0.1) is 6.92 Å². The maximum atomic E-state index is 12.9. The molecule has 0 unspecified atom stereocenters. The number of piperidine rings is 1. The van der Waals surface area contributed by atoms with Gasteiger partial charge in [-0.1, -0.05) is 12.1 Å². The largest absolute Gasteiger partial charge is 0.494 e. The van der Waals surface area contributed by atoms with E-state index in [-0.39, 0.29) is 11.9 Å². The van der Waals surface area contributed by atoms with Crippen molar-refractivity contribution < 1.29 is 13.9 Å². The molecule has 0 aliphatic carbocycles. The van der Waals surface area contributed by atoms with Crippen molar-refractivity contribution in [2.24, 2.45) is 0 Å². The molecule has 0 radical (unpaired) electrons. The van der Waals surface area contributed by atoms with E-state index >= 15 is 0 Å². The van der Waals surface area contributed by atoms with Gasteiger partial charge in [0, 0.05) is 12.5 Å². The van der Waals surface area contributed by atoms with Crippen molar-refractivity contribution in [2.75, 3.05) is 26.7 Å². The first-order chi connectivity index (χ1) is 13.1. The van der Waals surface area contributed by atoms with Gasteiger partial charge in [-0.05, 0) is 76.2 Å². The smallest absolute Gasteiger partial charge is 0.223 e. The standard InChI is InChI=1S/C22H30N2O3/c1-18-6-3-7-20(16-18)26-15-5-9-22(25)24(17-21-8-4-14-27-21)19-10-12-23(2)13-11-19/h3-4,6-8,14,16,19H,5,9-13,15,17H2,1-2H3. The van der Waals surface area contributed by atoms with E-state index in [2.05, 4.69) is 11.9 Å². The lowest BCUT2D eigenvalue weighted by atomic mass is 10.0. The predicted molar refractivity (Wildman–Crippen MR) is 106 cm³/mol. The van der Waals surface area contributed by atoms with Crippen molar-refractivity contribution in [1.82, 2.24) is 9.80 Å². The number of benzene rings is 1. The lowest BCUT2D eigenvalue weighted by Gasteiger charge is -2.37. The second kappa shape index (κ2) is 9.60. The number of carbonyl (C=O) groups excluding carboxylic acids is 1. The van der Waals surface area contributed by atoms with E-state index in [0.717, 1.165) is 37.4 Å². The molecule has 1 saturated heterocycles. The maximum absolute atomic E-state index is 12.9. The molecule has 0 spiro atoms. The molecule has 0 bridgehead atoms. The van der Waals surface area contributed by atoms with Crippen LogP contribution in [-0.4, -0.2) is 48.5 Å². The van der Waals surface area contributed by atoms with Gasteiger partial charge < -0.3 is 19.0 Å². The molecule has 2 heterocycles. The minimum atomic E-state index is 0.189. The molecule has 1 aromatic carbocycles. The van der Waals surface area contributed by atoms with Gasteiger partial charge in [0.25, 0.3) is 0 Å². The summed E-state index contributed by atoms with van der Waals surface area (Å²) in [6.07, 6.45) is 4.92. The van der Waals surface area contributed by atoms with Gasteiger partial charge in [0.05, 0.1) is 19.4 Å². The zero-order chi connectivity index (χ0) is 19.1. The number of nitrogens with zero attached hydrogens (tertiary/aromatic N) is 2. The lowest BCUT2D eigenvalue weighted by Crippen LogP contribution is -2.46. The molecule has 0 saturated carbocycles. The average molecular weight is 370 g/mol. The van der Waals surface area contributed by atoms with Crippen LogP contribution in [0.4, 0.5) is 0 Å². The first kappa shape index (κ1) is 19.5. The number of amides is 1. The van der Waals surface area contributed by atoms with Gasteiger partial charge in [0.1, 0.15) is 11.5 Å². The van der Waals surface area contributed by atoms with Gasteiger partial charge in [-0.15, -0.1) is 0 Å². The van der Waals surface area contributed by atoms with Crippen LogP contribution in [0.25, 0.3) is 0 Å². The zero-order valence-electron chi connectivity index (χ0n) is 16.4. The first-order valence-electron chi connectivity index (χ1n) is 9.81. The molecule has 0 atom stereocenters. The zero-order valence-corrected chi connectivity index (χ0v) is 16.4. The number of ether oxygens (including phenoxy) is 1. The average Bonchev–Trinajstić information content (AvgIpc) is 3.17. The fraction of sp³-hybridized carbons (Fsp3) is 0.500. The number of carbonyl (C=O) groups is 1. The Kier molecular flexibility index (Phi) is 6.93. The molecule has 1 aliphatic heterocycles. The van der Waals surface area contributed by atoms with Crippen LogP contribution in [0.2, 0.25) is 0 Å². The van der Waals surface area contributed by atoms with E-state index in [1.807, 2.05) is 48.2 Å². The van der Waals surface area contributed by atoms with Crippen molar-refractivity contribution in [3.63, 3.8) is 0 Å². The van der Waals surface area contributed by atoms with E-state index in [4.69, 9.17) is 9.15 Å². The van der Waals surface area contributed by atoms with Crippen LogP contribution in [0.15, 0.2) is 47.1 Å². The van der Waals surface area contributed by atoms with Crippen molar-refractivity contribution in [2.45, 2.75) is 45.2 Å². The number of hydrogen-bond donors (Lipinski definition) is 0. The monoisotopic (exact) mass is 370 g/mol. The summed E-state index contributed by atoms with van der Waals surface area (Å²) in [7, 11) is 2.14. The van der Waals surface area contributed by atoms with Gasteiger partial charge in [-0.25, -0.2) is 0 Å². The Labute approximate surface area is 161 Å². The summed E-state index contributed by atoms with van der Waals surface area (Å²) in [6.45, 7) is 5.22. The Bertz CT molecular complexity index is 706. The number of furan rings is 1. The minimum Gasteiger partial charge on any atom is -0.494 e. The minimum absolute atomic E-state index is 0.189. The second-order valence-corrected chi connectivity index (χ2v) is 7.40. The Morgan fingerprint density at radius 3 is 2.78 bits per heavy atom. The number of rotatable bonds is 8. The molecule has 27 heavy (non-hydrogen) atoms. The van der Waals surface area contributed by atoms with Gasteiger partial charge >= 0.3 is 0 Å². The van der Waals surface area contributed by atoms with E-state index in [1.54, 1.807) is 6.26 Å². The summed E-state index contributed by atoms with van der Waals surface area (Å²) < 4.78 is 11.3. The topological polar surface area (TPSA) is 45.9 Å². The van der Waals surface area contributed by atoms with Crippen LogP contribution < -0.4 is 4.74 Å². The summed E-state index contributed by atoms with van der Waals surface area (Å²) in [5, 5.41) is 0. The quantitative estimate of drug-likeness (QED) is 0.662. The van der Waals surface area contributed by atoms with Crippen LogP contribution >= 0.6 is 0 Å². The molecule has 2 aromatic rings. The molecule has 146 valence electrons. The molecule has 5 heteroatoms. The number of aryl methyl sites for hydroxylation is 1. The SMILES string of the molecule is Cc1cccc(OCCCC(=O)N(Cc2ccco2)C2CCN(C)CC2)c1. The van der Waals surface area contributed by atoms with Crippen molar-refractivity contribution in [3.05, 3.63) is 54.0 Å². The van der Waals surface area contributed by atoms with Gasteiger partial charge in [0.2, 0.25) is 5.91 Å². The third kappa shape index (κ3) is 5.86. The third-order valence-corrected chi connectivity index (χ3v) is 5.15. The normalized spacial score (nSPS) is 15.6. The van der Waals surface area contributed by atoms with Gasteiger partial charge in [0.15, 0.2) is 0 Å². The fourth-order valence-electron chi connectivity index (χ4n) is 3.56. The van der Waals surface area contributed by atoms with Crippen LogP contribution in [0.5, 0.6) is 5.75 Å². The van der Waals surface area contributed by atoms with Crippen molar-refractivity contribution in [1.29, 1.82) is 0 Å². The first-order valence-corrected chi connectivity index (χ1v) is 9.81. The summed E-state index contributed by atoms with van der Waals surface area (Å²) in [5.74, 6) is 1.90. The fourth-order valence-corrected chi connectivity index (χ4v) is 3.56. The molecule has 3 rings (SSSR count). The molecule has 1 aromatic heterocycles. The van der Waals surface area contributed by atoms with Crippen LogP contribution in [0.3, 0.4) is 0 Å². The van der Waals surface area contributed by atoms with Gasteiger partial charge in [-0.3, -0.25) is 4.79 Å². The van der Waals surface area contributed by atoms with Crippen molar-refractivity contribution in [3.8, 4) is 5.75 Å².